The average molecular weight is 306 g/mol. The van der Waals surface area contributed by atoms with Crippen molar-refractivity contribution in [3.05, 3.63) is 30.1 Å². The normalized spacial score (nSPS) is 16.3. The van der Waals surface area contributed by atoms with Gasteiger partial charge in [-0.2, -0.15) is 0 Å². The number of carbonyl (C=O) groups excluding carboxylic acids is 2. The predicted octanol–water partition coefficient (Wildman–Crippen LogP) is 3.19. The van der Waals surface area contributed by atoms with Crippen molar-refractivity contribution in [2.75, 3.05) is 19.4 Å². The number of anilines is 1. The van der Waals surface area contributed by atoms with Crippen LogP contribution in [-0.2, 0) is 9.59 Å². The fourth-order valence-electron chi connectivity index (χ4n) is 3.10. The molecule has 0 bridgehead atoms. The number of halogens is 1. The molecule has 0 unspecified atom stereocenters. The molecule has 1 aromatic carbocycles. The zero-order valence-electron chi connectivity index (χ0n) is 13.2. The van der Waals surface area contributed by atoms with Gasteiger partial charge in [0.2, 0.25) is 11.8 Å². The second-order valence-corrected chi connectivity index (χ2v) is 6.40. The van der Waals surface area contributed by atoms with Gasteiger partial charge in [0.15, 0.2) is 0 Å². The van der Waals surface area contributed by atoms with E-state index in [2.05, 4.69) is 5.32 Å². The number of rotatable bonds is 5. The van der Waals surface area contributed by atoms with Crippen LogP contribution < -0.4 is 5.32 Å². The molecule has 1 fully saturated rings. The Kier molecular flexibility index (Phi) is 5.16. The van der Waals surface area contributed by atoms with Gasteiger partial charge in [0, 0.05) is 32.6 Å². The van der Waals surface area contributed by atoms with Crippen molar-refractivity contribution >= 4 is 17.5 Å². The monoisotopic (exact) mass is 306 g/mol. The minimum Gasteiger partial charge on any atom is -0.349 e. The number of amides is 2. The molecule has 1 aliphatic carbocycles. The Morgan fingerprint density at radius 2 is 1.73 bits per heavy atom. The van der Waals surface area contributed by atoms with Gasteiger partial charge in [0.05, 0.1) is 0 Å². The second-order valence-electron chi connectivity index (χ2n) is 6.40. The molecular weight excluding hydrogens is 283 g/mol. The largest absolute Gasteiger partial charge is 0.349 e. The maximum absolute atomic E-state index is 12.9. The van der Waals surface area contributed by atoms with Crippen LogP contribution in [0.25, 0.3) is 0 Å². The summed E-state index contributed by atoms with van der Waals surface area (Å²) in [5.74, 6) is -0.376. The van der Waals surface area contributed by atoms with Crippen LogP contribution in [0.3, 0.4) is 0 Å². The molecule has 5 heteroatoms. The number of hydrogen-bond donors (Lipinski definition) is 1. The maximum atomic E-state index is 12.9. The Labute approximate surface area is 130 Å². The Morgan fingerprint density at radius 3 is 2.27 bits per heavy atom. The first-order valence-corrected chi connectivity index (χ1v) is 7.66. The van der Waals surface area contributed by atoms with Crippen molar-refractivity contribution in [1.29, 1.82) is 0 Å². The van der Waals surface area contributed by atoms with E-state index in [-0.39, 0.29) is 23.0 Å². The van der Waals surface area contributed by atoms with Crippen LogP contribution in [0, 0.1) is 11.2 Å². The lowest BCUT2D eigenvalue weighted by Crippen LogP contribution is -2.32. The Morgan fingerprint density at radius 1 is 1.14 bits per heavy atom. The highest BCUT2D eigenvalue weighted by Gasteiger charge is 2.38. The van der Waals surface area contributed by atoms with E-state index in [1.807, 2.05) is 0 Å². The standard InChI is InChI=1S/C17H23FN2O2/c1-20(2)16(22)12-17(9-3-4-10-17)11-15(21)19-14-7-5-13(18)6-8-14/h5-8H,3-4,9-12H2,1-2H3,(H,19,21). The first-order valence-electron chi connectivity index (χ1n) is 7.66. The molecule has 1 saturated carbocycles. The van der Waals surface area contributed by atoms with E-state index in [4.69, 9.17) is 0 Å². The summed E-state index contributed by atoms with van der Waals surface area (Å²) in [5, 5.41) is 2.79. The van der Waals surface area contributed by atoms with E-state index in [1.165, 1.54) is 12.1 Å². The fraction of sp³-hybridized carbons (Fsp3) is 0.529. The van der Waals surface area contributed by atoms with E-state index in [9.17, 15) is 14.0 Å². The van der Waals surface area contributed by atoms with Gasteiger partial charge >= 0.3 is 0 Å². The van der Waals surface area contributed by atoms with Crippen molar-refractivity contribution < 1.29 is 14.0 Å². The predicted molar refractivity (Wildman–Crippen MR) is 83.9 cm³/mol. The van der Waals surface area contributed by atoms with Gasteiger partial charge in [-0.1, -0.05) is 12.8 Å². The first kappa shape index (κ1) is 16.5. The average Bonchev–Trinajstić information content (AvgIpc) is 2.89. The molecule has 120 valence electrons. The van der Waals surface area contributed by atoms with Crippen LogP contribution in [0.15, 0.2) is 24.3 Å². The van der Waals surface area contributed by atoms with Crippen molar-refractivity contribution in [1.82, 2.24) is 4.90 Å². The minimum atomic E-state index is -0.332. The van der Waals surface area contributed by atoms with Crippen LogP contribution in [-0.4, -0.2) is 30.8 Å². The van der Waals surface area contributed by atoms with E-state index in [0.29, 0.717) is 18.5 Å². The van der Waals surface area contributed by atoms with Gasteiger partial charge in [0.1, 0.15) is 5.82 Å². The molecule has 1 aromatic rings. The summed E-state index contributed by atoms with van der Waals surface area (Å²) < 4.78 is 12.9. The van der Waals surface area contributed by atoms with E-state index in [0.717, 1.165) is 25.7 Å². The molecule has 0 heterocycles. The lowest BCUT2D eigenvalue weighted by Gasteiger charge is -2.29. The van der Waals surface area contributed by atoms with Crippen LogP contribution in [0.1, 0.15) is 38.5 Å². The lowest BCUT2D eigenvalue weighted by atomic mass is 9.78. The van der Waals surface area contributed by atoms with Crippen molar-refractivity contribution in [2.24, 2.45) is 5.41 Å². The molecule has 0 spiro atoms. The van der Waals surface area contributed by atoms with Crippen LogP contribution in [0.2, 0.25) is 0 Å². The molecule has 0 atom stereocenters. The Bertz CT molecular complexity index is 534. The first-order chi connectivity index (χ1) is 10.4. The zero-order valence-corrected chi connectivity index (χ0v) is 13.2. The molecule has 0 saturated heterocycles. The quantitative estimate of drug-likeness (QED) is 0.908. The molecule has 0 aromatic heterocycles. The smallest absolute Gasteiger partial charge is 0.224 e. The molecule has 1 N–H and O–H groups in total. The summed E-state index contributed by atoms with van der Waals surface area (Å²) in [7, 11) is 3.48. The van der Waals surface area contributed by atoms with Gasteiger partial charge < -0.3 is 10.2 Å². The summed E-state index contributed by atoms with van der Waals surface area (Å²) in [4.78, 5) is 25.9. The topological polar surface area (TPSA) is 49.4 Å². The van der Waals surface area contributed by atoms with Gasteiger partial charge in [-0.3, -0.25) is 9.59 Å². The fourth-order valence-corrected chi connectivity index (χ4v) is 3.10. The third kappa shape index (κ3) is 4.29. The maximum Gasteiger partial charge on any atom is 0.224 e. The SMILES string of the molecule is CN(C)C(=O)CC1(CC(=O)Nc2ccc(F)cc2)CCCC1. The second kappa shape index (κ2) is 6.90. The number of nitrogens with zero attached hydrogens (tertiary/aromatic N) is 1. The number of nitrogens with one attached hydrogen (secondary N) is 1. The van der Waals surface area contributed by atoms with Gasteiger partial charge in [0.25, 0.3) is 0 Å². The number of hydrogen-bond acceptors (Lipinski definition) is 2. The molecule has 0 radical (unpaired) electrons. The number of carbonyl (C=O) groups is 2. The molecule has 4 nitrogen and oxygen atoms in total. The molecule has 1 aliphatic rings. The Balaban J connectivity index is 1.99. The highest BCUT2D eigenvalue weighted by molar-refractivity contribution is 5.91. The van der Waals surface area contributed by atoms with E-state index in [1.54, 1.807) is 31.1 Å². The summed E-state index contributed by atoms with van der Waals surface area (Å²) in [6.07, 6.45) is 4.68. The molecule has 22 heavy (non-hydrogen) atoms. The summed E-state index contributed by atoms with van der Waals surface area (Å²) >= 11 is 0. The van der Waals surface area contributed by atoms with E-state index >= 15 is 0 Å². The van der Waals surface area contributed by atoms with Crippen LogP contribution >= 0.6 is 0 Å². The minimum absolute atomic E-state index is 0.0662. The molecule has 2 rings (SSSR count). The molecule has 2 amide bonds. The number of benzene rings is 1. The Hall–Kier alpha value is -1.91. The zero-order chi connectivity index (χ0) is 16.2. The molecule has 0 aliphatic heterocycles. The molecular formula is C17H23FN2O2. The third-order valence-electron chi connectivity index (χ3n) is 4.35. The van der Waals surface area contributed by atoms with Crippen molar-refractivity contribution in [3.63, 3.8) is 0 Å². The highest BCUT2D eigenvalue weighted by Crippen LogP contribution is 2.44. The van der Waals surface area contributed by atoms with Gasteiger partial charge in [-0.15, -0.1) is 0 Å². The van der Waals surface area contributed by atoms with E-state index < -0.39 is 0 Å². The summed E-state index contributed by atoms with van der Waals surface area (Å²) in [5.41, 5.74) is 0.351. The van der Waals surface area contributed by atoms with Gasteiger partial charge in [-0.05, 0) is 42.5 Å². The van der Waals surface area contributed by atoms with Crippen LogP contribution in [0.5, 0.6) is 0 Å². The summed E-state index contributed by atoms with van der Waals surface area (Å²) in [6.45, 7) is 0. The van der Waals surface area contributed by atoms with Crippen molar-refractivity contribution in [2.45, 2.75) is 38.5 Å². The van der Waals surface area contributed by atoms with Crippen LogP contribution in [0.4, 0.5) is 10.1 Å². The van der Waals surface area contributed by atoms with Crippen molar-refractivity contribution in [3.8, 4) is 0 Å². The lowest BCUT2D eigenvalue weighted by molar-refractivity contribution is -0.131. The highest BCUT2D eigenvalue weighted by atomic mass is 19.1. The summed E-state index contributed by atoms with van der Waals surface area (Å²) in [6, 6.07) is 5.71. The third-order valence-corrected chi connectivity index (χ3v) is 4.35. The van der Waals surface area contributed by atoms with Gasteiger partial charge in [-0.25, -0.2) is 4.39 Å².